The van der Waals surface area contributed by atoms with Crippen molar-refractivity contribution in [3.63, 3.8) is 0 Å². The Labute approximate surface area is 126 Å². The van der Waals surface area contributed by atoms with Gasteiger partial charge in [0.2, 0.25) is 0 Å². The van der Waals surface area contributed by atoms with Gasteiger partial charge in [-0.1, -0.05) is 0 Å². The molecule has 0 atom stereocenters. The summed E-state index contributed by atoms with van der Waals surface area (Å²) in [6.45, 7) is 5.03. The molecule has 2 aromatic heterocycles. The molecule has 3 rings (SSSR count). The van der Waals surface area contributed by atoms with Crippen LogP contribution in [0.1, 0.15) is 17.0 Å². The van der Waals surface area contributed by atoms with Gasteiger partial charge in [-0.15, -0.1) is 0 Å². The first-order valence-electron chi connectivity index (χ1n) is 6.55. The molecule has 9 heteroatoms. The third kappa shape index (κ3) is 2.29. The van der Waals surface area contributed by atoms with Crippen LogP contribution in [0.5, 0.6) is 0 Å². The van der Waals surface area contributed by atoms with Gasteiger partial charge in [-0.3, -0.25) is 9.82 Å². The van der Waals surface area contributed by atoms with E-state index < -0.39 is 10.0 Å². The predicted octanol–water partition coefficient (Wildman–Crippen LogP) is 1.31. The summed E-state index contributed by atoms with van der Waals surface area (Å²) in [4.78, 5) is 16.7. The lowest BCUT2D eigenvalue weighted by Crippen LogP contribution is -2.15. The van der Waals surface area contributed by atoms with Gasteiger partial charge in [0.05, 0.1) is 28.1 Å². The monoisotopic (exact) mass is 321 g/mol. The molecule has 0 fully saturated rings. The lowest BCUT2D eigenvalue weighted by atomic mass is 10.2. The Balaban J connectivity index is 2.09. The number of hydrogen-bond acceptors (Lipinski definition) is 4. The smallest absolute Gasteiger partial charge is 0.306 e. The highest BCUT2D eigenvalue weighted by atomic mass is 32.2. The summed E-state index contributed by atoms with van der Waals surface area (Å²) in [7, 11) is -3.76. The number of benzene rings is 1. The van der Waals surface area contributed by atoms with Crippen molar-refractivity contribution in [2.45, 2.75) is 25.7 Å². The van der Waals surface area contributed by atoms with E-state index in [1.807, 2.05) is 0 Å². The van der Waals surface area contributed by atoms with Crippen molar-refractivity contribution >= 4 is 26.7 Å². The molecule has 0 spiro atoms. The summed E-state index contributed by atoms with van der Waals surface area (Å²) >= 11 is 0. The van der Waals surface area contributed by atoms with Gasteiger partial charge < -0.3 is 9.97 Å². The van der Waals surface area contributed by atoms with Gasteiger partial charge in [0.25, 0.3) is 10.0 Å². The number of aromatic nitrogens is 4. The molecule has 22 heavy (non-hydrogen) atoms. The predicted molar refractivity (Wildman–Crippen MR) is 82.5 cm³/mol. The number of nitrogens with one attached hydrogen (secondary N) is 4. The van der Waals surface area contributed by atoms with E-state index in [0.717, 1.165) is 0 Å². The van der Waals surface area contributed by atoms with E-state index in [1.165, 1.54) is 0 Å². The first-order chi connectivity index (χ1) is 10.3. The van der Waals surface area contributed by atoms with Crippen LogP contribution in [0.3, 0.4) is 0 Å². The zero-order valence-electron chi connectivity index (χ0n) is 12.2. The highest BCUT2D eigenvalue weighted by molar-refractivity contribution is 7.92. The second-order valence-electron chi connectivity index (χ2n) is 5.16. The lowest BCUT2D eigenvalue weighted by Gasteiger charge is -2.11. The number of fused-ring (bicyclic) bond motifs is 1. The number of aromatic amines is 3. The van der Waals surface area contributed by atoms with Crippen LogP contribution < -0.4 is 10.4 Å². The topological polar surface area (TPSA) is 124 Å². The molecular formula is C13H15N5O3S. The van der Waals surface area contributed by atoms with E-state index >= 15 is 0 Å². The van der Waals surface area contributed by atoms with Gasteiger partial charge in [-0.05, 0) is 38.5 Å². The standard InChI is InChI=1S/C13H15N5O3S/c1-6-4-10-11(15-13(19)14-10)5-9(6)18-22(20,21)12-7(2)16-17-8(12)3/h4-5,18H,1-3H3,(H,16,17)(H2,14,15,19). The van der Waals surface area contributed by atoms with Gasteiger partial charge in [0.1, 0.15) is 4.90 Å². The molecule has 0 bridgehead atoms. The van der Waals surface area contributed by atoms with E-state index in [2.05, 4.69) is 24.9 Å². The maximum absolute atomic E-state index is 12.5. The minimum atomic E-state index is -3.76. The Morgan fingerprint density at radius 1 is 1.09 bits per heavy atom. The molecule has 0 saturated carbocycles. The second kappa shape index (κ2) is 4.73. The Kier molecular flexibility index (Phi) is 3.10. The third-order valence-electron chi connectivity index (χ3n) is 3.43. The van der Waals surface area contributed by atoms with Gasteiger partial charge in [0, 0.05) is 0 Å². The Morgan fingerprint density at radius 3 is 2.32 bits per heavy atom. The molecule has 2 heterocycles. The summed E-state index contributed by atoms with van der Waals surface area (Å²) in [6.07, 6.45) is 0. The molecule has 0 radical (unpaired) electrons. The Hall–Kier alpha value is -2.55. The minimum absolute atomic E-state index is 0.134. The first-order valence-corrected chi connectivity index (χ1v) is 8.03. The van der Waals surface area contributed by atoms with Gasteiger partial charge in [0.15, 0.2) is 0 Å². The number of sulfonamides is 1. The zero-order chi connectivity index (χ0) is 16.1. The van der Waals surface area contributed by atoms with Crippen molar-refractivity contribution < 1.29 is 8.42 Å². The number of aryl methyl sites for hydroxylation is 3. The lowest BCUT2D eigenvalue weighted by molar-refractivity contribution is 0.600. The fourth-order valence-corrected chi connectivity index (χ4v) is 3.93. The van der Waals surface area contributed by atoms with Crippen LogP contribution in [0, 0.1) is 20.8 Å². The van der Waals surface area contributed by atoms with E-state index in [4.69, 9.17) is 0 Å². The maximum atomic E-state index is 12.5. The normalized spacial score (nSPS) is 12.0. The third-order valence-corrected chi connectivity index (χ3v) is 5.06. The quantitative estimate of drug-likeness (QED) is 0.580. The first kappa shape index (κ1) is 14.4. The fourth-order valence-electron chi connectivity index (χ4n) is 2.43. The van der Waals surface area contributed by atoms with Crippen LogP contribution in [0.15, 0.2) is 21.8 Å². The van der Waals surface area contributed by atoms with Gasteiger partial charge in [-0.25, -0.2) is 13.2 Å². The average molecular weight is 321 g/mol. The highest BCUT2D eigenvalue weighted by Crippen LogP contribution is 2.25. The van der Waals surface area contributed by atoms with Crippen LogP contribution in [0.2, 0.25) is 0 Å². The van der Waals surface area contributed by atoms with E-state index in [9.17, 15) is 13.2 Å². The van der Waals surface area contributed by atoms with Crippen molar-refractivity contribution in [2.24, 2.45) is 0 Å². The summed E-state index contributed by atoms with van der Waals surface area (Å²) < 4.78 is 27.6. The number of H-pyrrole nitrogens is 3. The maximum Gasteiger partial charge on any atom is 0.323 e. The molecule has 8 nitrogen and oxygen atoms in total. The molecule has 0 aliphatic heterocycles. The van der Waals surface area contributed by atoms with Crippen molar-refractivity contribution in [1.29, 1.82) is 0 Å². The molecule has 0 saturated heterocycles. The Morgan fingerprint density at radius 2 is 1.73 bits per heavy atom. The summed E-state index contributed by atoms with van der Waals surface area (Å²) in [5.74, 6) is 0. The van der Waals surface area contributed by atoms with Crippen LogP contribution in [-0.2, 0) is 10.0 Å². The highest BCUT2D eigenvalue weighted by Gasteiger charge is 2.23. The summed E-state index contributed by atoms with van der Waals surface area (Å²) in [5, 5.41) is 6.56. The molecule has 116 valence electrons. The molecular weight excluding hydrogens is 306 g/mol. The number of nitrogens with zero attached hydrogens (tertiary/aromatic N) is 1. The largest absolute Gasteiger partial charge is 0.323 e. The van der Waals surface area contributed by atoms with Gasteiger partial charge in [-0.2, -0.15) is 5.10 Å². The van der Waals surface area contributed by atoms with Crippen LogP contribution >= 0.6 is 0 Å². The SMILES string of the molecule is Cc1cc2[nH]c(=O)[nH]c2cc1NS(=O)(=O)c1c(C)n[nH]c1C. The Bertz CT molecular complexity index is 1010. The van der Waals surface area contributed by atoms with Gasteiger partial charge >= 0.3 is 5.69 Å². The fraction of sp³-hybridized carbons (Fsp3) is 0.231. The molecule has 0 unspecified atom stereocenters. The zero-order valence-corrected chi connectivity index (χ0v) is 13.1. The molecule has 3 aromatic rings. The summed E-state index contributed by atoms with van der Waals surface area (Å²) in [5.41, 5.74) is 2.80. The molecule has 4 N–H and O–H groups in total. The minimum Gasteiger partial charge on any atom is -0.306 e. The van der Waals surface area contributed by atoms with Crippen molar-refractivity contribution in [3.05, 3.63) is 39.6 Å². The molecule has 0 amide bonds. The van der Waals surface area contributed by atoms with Crippen LogP contribution in [0.25, 0.3) is 11.0 Å². The summed E-state index contributed by atoms with van der Waals surface area (Å²) in [6, 6.07) is 3.30. The number of imidazole rings is 1. The number of rotatable bonds is 3. The van der Waals surface area contributed by atoms with Crippen molar-refractivity contribution in [1.82, 2.24) is 20.2 Å². The van der Waals surface area contributed by atoms with E-state index in [0.29, 0.717) is 33.7 Å². The second-order valence-corrected chi connectivity index (χ2v) is 6.78. The van der Waals surface area contributed by atoms with Crippen LogP contribution in [-0.4, -0.2) is 28.6 Å². The molecule has 1 aromatic carbocycles. The number of hydrogen-bond donors (Lipinski definition) is 4. The van der Waals surface area contributed by atoms with Crippen molar-refractivity contribution in [3.8, 4) is 0 Å². The average Bonchev–Trinajstić information content (AvgIpc) is 2.91. The number of anilines is 1. The van der Waals surface area contributed by atoms with Crippen LogP contribution in [0.4, 0.5) is 5.69 Å². The molecule has 0 aliphatic rings. The van der Waals surface area contributed by atoms with E-state index in [1.54, 1.807) is 32.9 Å². The van der Waals surface area contributed by atoms with Crippen molar-refractivity contribution in [2.75, 3.05) is 4.72 Å². The molecule has 0 aliphatic carbocycles. The van der Waals surface area contributed by atoms with E-state index in [-0.39, 0.29) is 10.6 Å².